The lowest BCUT2D eigenvalue weighted by atomic mass is 9.91. The van der Waals surface area contributed by atoms with Crippen LogP contribution in [0.15, 0.2) is 72.3 Å². The molecule has 3 aliphatic rings. The minimum absolute atomic E-state index is 0.0247. The Kier molecular flexibility index (Phi) is 14.2. The van der Waals surface area contributed by atoms with E-state index in [1.54, 1.807) is 57.4 Å². The molecule has 3 N–H and O–H groups in total. The van der Waals surface area contributed by atoms with Crippen molar-refractivity contribution in [1.82, 2.24) is 50.2 Å². The predicted molar refractivity (Wildman–Crippen MR) is 276 cm³/mol. The Bertz CT molecular complexity index is 3040. The van der Waals surface area contributed by atoms with Crippen LogP contribution in [0.2, 0.25) is 0 Å². The number of rotatable bonds is 15. The topological polar surface area (TPSA) is 200 Å². The molecule has 2 fully saturated rings. The molecule has 20 heteroatoms. The van der Waals surface area contributed by atoms with E-state index >= 15 is 0 Å². The Balaban J connectivity index is 0.793. The number of H-pyrrole nitrogens is 1. The molecule has 6 aromatic rings. The smallest absolute Gasteiger partial charge is 0.241 e. The Morgan fingerprint density at radius 1 is 0.903 bits per heavy atom. The van der Waals surface area contributed by atoms with Crippen LogP contribution in [0.4, 0.5) is 27.7 Å². The van der Waals surface area contributed by atoms with Crippen molar-refractivity contribution in [2.45, 2.75) is 102 Å². The number of nitrogens with zero attached hydrogens (tertiary/aromatic N) is 10. The number of carbonyl (C=O) groups is 1. The maximum absolute atomic E-state index is 14.3. The van der Waals surface area contributed by atoms with Crippen LogP contribution >= 0.6 is 0 Å². The van der Waals surface area contributed by atoms with Crippen molar-refractivity contribution in [1.29, 1.82) is 0 Å². The summed E-state index contributed by atoms with van der Waals surface area (Å²) in [6.07, 6.45) is 7.18. The minimum Gasteiger partial charge on any atom is -0.489 e. The Labute approximate surface area is 421 Å². The van der Waals surface area contributed by atoms with Crippen LogP contribution in [0.5, 0.6) is 11.5 Å². The Hall–Kier alpha value is -6.35. The number of ether oxygens (including phenoxy) is 2. The second kappa shape index (κ2) is 20.3. The fourth-order valence-electron chi connectivity index (χ4n) is 9.71. The monoisotopic (exact) mass is 1000 g/mol. The molecule has 382 valence electrons. The summed E-state index contributed by atoms with van der Waals surface area (Å²) in [6, 6.07) is 12.4. The van der Waals surface area contributed by atoms with Gasteiger partial charge in [0, 0.05) is 98.3 Å². The van der Waals surface area contributed by atoms with E-state index < -0.39 is 14.6 Å². The van der Waals surface area contributed by atoms with Crippen LogP contribution in [-0.2, 0) is 26.5 Å². The molecule has 3 atom stereocenters. The number of hydrogen-bond donors (Lipinski definition) is 3. The quantitative estimate of drug-likeness (QED) is 0.0989. The van der Waals surface area contributed by atoms with E-state index in [2.05, 4.69) is 89.2 Å². The molecule has 0 bridgehead atoms. The van der Waals surface area contributed by atoms with Crippen molar-refractivity contribution in [2.75, 3.05) is 80.7 Å². The standard InChI is InChI=1S/C52H66FN13O5S/c1-32-26-65(29-46(67)66-30-52(8,9)47-43(66)19-37(22-55-47)18-36-10-12-38(53)13-11-36)39(23-54-32)28-63-14-15-64(27-33(63)2)50-56-24-40(25-57-50)70-16-17-71-44-21-42-41(20-45(44)72(68,69)51(5,6)7)49(59-31-58-42)60-48-34(3)35(4)61-62-48/h10-13,19-22,24-25,31-33,39,54H,14-18,23,26-30H2,1-9H3,(H2,58,59,60,61,62)/t32-,33?,39-/m1/s1. The van der Waals surface area contributed by atoms with Gasteiger partial charge in [-0.3, -0.25) is 24.7 Å². The highest BCUT2D eigenvalue weighted by atomic mass is 32.2. The molecule has 0 saturated carbocycles. The van der Waals surface area contributed by atoms with Gasteiger partial charge in [0.05, 0.1) is 40.6 Å². The van der Waals surface area contributed by atoms with Crippen LogP contribution in [0.25, 0.3) is 10.9 Å². The van der Waals surface area contributed by atoms with Crippen LogP contribution in [0, 0.1) is 19.7 Å². The van der Waals surface area contributed by atoms with Gasteiger partial charge < -0.3 is 29.9 Å². The van der Waals surface area contributed by atoms with Crippen LogP contribution in [0.1, 0.15) is 76.5 Å². The zero-order valence-electron chi connectivity index (χ0n) is 42.7. The van der Waals surface area contributed by atoms with E-state index in [-0.39, 0.29) is 59.1 Å². The number of sulfone groups is 1. The van der Waals surface area contributed by atoms with Gasteiger partial charge in [0.15, 0.2) is 21.4 Å². The van der Waals surface area contributed by atoms with Crippen LogP contribution in [0.3, 0.4) is 0 Å². The molecular weight excluding hydrogens is 938 g/mol. The lowest BCUT2D eigenvalue weighted by Crippen LogP contribution is -2.63. The SMILES string of the molecule is Cc1[nH]nc(Nc2ncnc3cc(OCCOc4cnc(N5CCN(C[C@H]6CN[C@H](C)CN6CC(=O)N6CC(C)(C)c7ncc(Cc8ccc(F)cc8)cc76)C(C)C5)nc4)c(S(=O)(=O)C(C)(C)C)cc23)c1C. The van der Waals surface area contributed by atoms with Gasteiger partial charge >= 0.3 is 0 Å². The van der Waals surface area contributed by atoms with E-state index in [4.69, 9.17) is 14.5 Å². The summed E-state index contributed by atoms with van der Waals surface area (Å²) < 4.78 is 52.5. The zero-order chi connectivity index (χ0) is 51.1. The number of fused-ring (bicyclic) bond motifs is 2. The number of amides is 1. The van der Waals surface area contributed by atoms with E-state index in [1.165, 1.54) is 18.5 Å². The van der Waals surface area contributed by atoms with Gasteiger partial charge in [-0.15, -0.1) is 0 Å². The average molecular weight is 1000 g/mol. The molecule has 0 radical (unpaired) electrons. The number of piperazine rings is 2. The minimum atomic E-state index is -3.87. The van der Waals surface area contributed by atoms with Gasteiger partial charge in [0.25, 0.3) is 0 Å². The number of benzene rings is 2. The second-order valence-electron chi connectivity index (χ2n) is 21.1. The molecule has 9 rings (SSSR count). The van der Waals surface area contributed by atoms with Gasteiger partial charge in [-0.05, 0) is 90.3 Å². The maximum atomic E-state index is 14.3. The molecule has 2 aromatic carbocycles. The fourth-order valence-corrected chi connectivity index (χ4v) is 11.0. The van der Waals surface area contributed by atoms with Crippen molar-refractivity contribution in [2.24, 2.45) is 0 Å². The molecule has 0 spiro atoms. The highest BCUT2D eigenvalue weighted by molar-refractivity contribution is 7.92. The molecule has 7 heterocycles. The molecule has 4 aromatic heterocycles. The van der Waals surface area contributed by atoms with E-state index in [9.17, 15) is 17.6 Å². The van der Waals surface area contributed by atoms with Crippen molar-refractivity contribution in [3.63, 3.8) is 0 Å². The van der Waals surface area contributed by atoms with Crippen molar-refractivity contribution in [3.05, 3.63) is 101 Å². The summed E-state index contributed by atoms with van der Waals surface area (Å²) in [7, 11) is -3.87. The number of aryl methyl sites for hydroxylation is 1. The second-order valence-corrected chi connectivity index (χ2v) is 23.7. The first-order chi connectivity index (χ1) is 34.2. The number of nitrogens with one attached hydrogen (secondary N) is 3. The lowest BCUT2D eigenvalue weighted by molar-refractivity contribution is -0.120. The lowest BCUT2D eigenvalue weighted by Gasteiger charge is -2.45. The Morgan fingerprint density at radius 2 is 1.65 bits per heavy atom. The van der Waals surface area contributed by atoms with Gasteiger partial charge in [0.2, 0.25) is 11.9 Å². The number of carbonyl (C=O) groups excluding carboxylic acids is 1. The summed E-state index contributed by atoms with van der Waals surface area (Å²) in [5, 5.41) is 14.7. The molecular formula is C52H66FN13O5S. The molecule has 1 amide bonds. The normalized spacial score (nSPS) is 19.7. The van der Waals surface area contributed by atoms with Crippen molar-refractivity contribution in [3.8, 4) is 11.5 Å². The largest absolute Gasteiger partial charge is 0.489 e. The first kappa shape index (κ1) is 50.6. The molecule has 3 aliphatic heterocycles. The van der Waals surface area contributed by atoms with E-state index in [1.807, 2.05) is 24.9 Å². The van der Waals surface area contributed by atoms with Crippen molar-refractivity contribution < 1.29 is 27.1 Å². The highest BCUT2D eigenvalue weighted by Crippen LogP contribution is 2.41. The van der Waals surface area contributed by atoms with Crippen LogP contribution < -0.4 is 29.9 Å². The maximum Gasteiger partial charge on any atom is 0.241 e. The first-order valence-electron chi connectivity index (χ1n) is 24.6. The fraction of sp³-hybridized carbons (Fsp3) is 0.481. The number of anilines is 4. The summed E-state index contributed by atoms with van der Waals surface area (Å²) in [4.78, 5) is 46.3. The summed E-state index contributed by atoms with van der Waals surface area (Å²) in [6.45, 7) is 23.1. The number of hydrogen-bond acceptors (Lipinski definition) is 16. The van der Waals surface area contributed by atoms with Gasteiger partial charge in [-0.1, -0.05) is 26.0 Å². The third-order valence-corrected chi connectivity index (χ3v) is 16.6. The molecule has 2 saturated heterocycles. The molecule has 18 nitrogen and oxygen atoms in total. The number of halogens is 1. The number of aromatic nitrogens is 7. The predicted octanol–water partition coefficient (Wildman–Crippen LogP) is 6.16. The van der Waals surface area contributed by atoms with Gasteiger partial charge in [-0.25, -0.2) is 32.7 Å². The van der Waals surface area contributed by atoms with E-state index in [0.717, 1.165) is 73.0 Å². The molecule has 1 unspecified atom stereocenters. The van der Waals surface area contributed by atoms with Crippen LogP contribution in [-0.4, -0.2) is 148 Å². The van der Waals surface area contributed by atoms with Gasteiger partial charge in [-0.2, -0.15) is 5.10 Å². The van der Waals surface area contributed by atoms with Gasteiger partial charge in [0.1, 0.15) is 41.8 Å². The first-order valence-corrected chi connectivity index (χ1v) is 26.1. The summed E-state index contributed by atoms with van der Waals surface area (Å²) in [5.41, 5.74) is 5.79. The molecule has 72 heavy (non-hydrogen) atoms. The number of aromatic amines is 1. The van der Waals surface area contributed by atoms with Crippen molar-refractivity contribution >= 4 is 49.9 Å². The molecule has 0 aliphatic carbocycles. The summed E-state index contributed by atoms with van der Waals surface area (Å²) in [5.74, 6) is 2.03. The highest BCUT2D eigenvalue weighted by Gasteiger charge is 2.41. The zero-order valence-corrected chi connectivity index (χ0v) is 43.5. The summed E-state index contributed by atoms with van der Waals surface area (Å²) >= 11 is 0. The third kappa shape index (κ3) is 10.7. The average Bonchev–Trinajstić information content (AvgIpc) is 3.81. The number of pyridine rings is 1. The third-order valence-electron chi connectivity index (χ3n) is 14.1. The Morgan fingerprint density at radius 3 is 2.36 bits per heavy atom. The van der Waals surface area contributed by atoms with E-state index in [0.29, 0.717) is 53.7 Å².